The minimum Gasteiger partial charge on any atom is -0.457 e. The van der Waals surface area contributed by atoms with Gasteiger partial charge in [0.05, 0.1) is 15.0 Å². The molecule has 2 aromatic heterocycles. The van der Waals surface area contributed by atoms with Crippen molar-refractivity contribution in [2.45, 2.75) is 0 Å². The van der Waals surface area contributed by atoms with Crippen LogP contribution in [0.1, 0.15) is 16.3 Å². The van der Waals surface area contributed by atoms with Gasteiger partial charge >= 0.3 is 0 Å². The van der Waals surface area contributed by atoms with E-state index in [1.165, 1.54) is 24.3 Å². The number of nitrogens with zero attached hydrogens (tertiary/aromatic N) is 1. The van der Waals surface area contributed by atoms with Gasteiger partial charge in [-0.3, -0.25) is 14.9 Å². The maximum absolute atomic E-state index is 12.4. The van der Waals surface area contributed by atoms with Crippen LogP contribution in [-0.4, -0.2) is 10.7 Å². The zero-order valence-electron chi connectivity index (χ0n) is 15.7. The first-order valence-corrected chi connectivity index (χ1v) is 9.79. The number of furan rings is 2. The maximum Gasteiger partial charge on any atom is 0.269 e. The van der Waals surface area contributed by atoms with Gasteiger partial charge in [-0.15, -0.1) is 0 Å². The lowest BCUT2D eigenvalue weighted by molar-refractivity contribution is -0.384. The zero-order valence-corrected chi connectivity index (χ0v) is 17.3. The Morgan fingerprint density at radius 1 is 0.903 bits per heavy atom. The number of non-ortho nitro benzene ring substituents is 1. The highest BCUT2D eigenvalue weighted by molar-refractivity contribution is 6.43. The standard InChI is InChI=1S/C23H13Cl2NO5/c24-18-3-1-2-17(23(18)25)21-12-13-22(31-21)19(27)10-8-16-9-11-20(30-16)14-4-6-15(7-5-14)26(28)29/h1-13H/b10-8+. The second-order valence-electron chi connectivity index (χ2n) is 6.47. The smallest absolute Gasteiger partial charge is 0.269 e. The monoisotopic (exact) mass is 453 g/mol. The van der Waals surface area contributed by atoms with Crippen molar-refractivity contribution in [1.82, 2.24) is 0 Å². The summed E-state index contributed by atoms with van der Waals surface area (Å²) in [7, 11) is 0. The van der Waals surface area contributed by atoms with Crippen LogP contribution in [0.4, 0.5) is 5.69 Å². The predicted molar refractivity (Wildman–Crippen MR) is 118 cm³/mol. The summed E-state index contributed by atoms with van der Waals surface area (Å²) < 4.78 is 11.3. The number of hydrogen-bond donors (Lipinski definition) is 0. The van der Waals surface area contributed by atoms with Gasteiger partial charge in [-0.05, 0) is 60.7 Å². The SMILES string of the molecule is O=C(/C=C/c1ccc(-c2ccc([N+](=O)[O-])cc2)o1)c1ccc(-c2cccc(Cl)c2Cl)o1. The van der Waals surface area contributed by atoms with Crippen LogP contribution in [0, 0.1) is 10.1 Å². The van der Waals surface area contributed by atoms with Crippen molar-refractivity contribution in [3.8, 4) is 22.6 Å². The van der Waals surface area contributed by atoms with Gasteiger partial charge in [-0.1, -0.05) is 29.3 Å². The largest absolute Gasteiger partial charge is 0.457 e. The molecule has 154 valence electrons. The Kier molecular flexibility index (Phi) is 5.75. The lowest BCUT2D eigenvalue weighted by atomic mass is 10.1. The molecule has 0 saturated carbocycles. The molecule has 4 aromatic rings. The molecule has 0 bridgehead atoms. The van der Waals surface area contributed by atoms with E-state index in [2.05, 4.69) is 0 Å². The maximum atomic E-state index is 12.4. The highest BCUT2D eigenvalue weighted by atomic mass is 35.5. The van der Waals surface area contributed by atoms with E-state index >= 15 is 0 Å². The van der Waals surface area contributed by atoms with Crippen LogP contribution in [-0.2, 0) is 0 Å². The third-order valence-electron chi connectivity index (χ3n) is 4.45. The topological polar surface area (TPSA) is 86.5 Å². The van der Waals surface area contributed by atoms with Crippen molar-refractivity contribution in [2.75, 3.05) is 0 Å². The number of carbonyl (C=O) groups excluding carboxylic acids is 1. The number of benzene rings is 2. The summed E-state index contributed by atoms with van der Waals surface area (Å²) in [6, 6.07) is 17.8. The van der Waals surface area contributed by atoms with Gasteiger partial charge in [0.15, 0.2) is 5.76 Å². The second-order valence-corrected chi connectivity index (χ2v) is 7.25. The van der Waals surface area contributed by atoms with Crippen LogP contribution < -0.4 is 0 Å². The van der Waals surface area contributed by atoms with Crippen molar-refractivity contribution in [3.05, 3.63) is 104 Å². The van der Waals surface area contributed by atoms with Gasteiger partial charge in [0.25, 0.3) is 5.69 Å². The molecule has 0 aliphatic carbocycles. The van der Waals surface area contributed by atoms with Crippen LogP contribution in [0.15, 0.2) is 81.6 Å². The van der Waals surface area contributed by atoms with Gasteiger partial charge in [0, 0.05) is 23.3 Å². The Morgan fingerprint density at radius 2 is 1.65 bits per heavy atom. The number of hydrogen-bond acceptors (Lipinski definition) is 5. The number of nitro benzene ring substituents is 1. The second kappa shape index (κ2) is 8.63. The van der Waals surface area contributed by atoms with Crippen molar-refractivity contribution >= 4 is 40.7 Å². The number of halogens is 2. The molecule has 8 heteroatoms. The fraction of sp³-hybridized carbons (Fsp3) is 0. The van der Waals surface area contributed by atoms with E-state index in [4.69, 9.17) is 32.0 Å². The molecule has 31 heavy (non-hydrogen) atoms. The first kappa shape index (κ1) is 20.7. The lowest BCUT2D eigenvalue weighted by Crippen LogP contribution is -1.90. The highest BCUT2D eigenvalue weighted by Gasteiger charge is 2.14. The normalized spacial score (nSPS) is 11.2. The van der Waals surface area contributed by atoms with Crippen LogP contribution in [0.3, 0.4) is 0 Å². The Labute approximate surface area is 186 Å². The molecule has 0 fully saturated rings. The lowest BCUT2D eigenvalue weighted by Gasteiger charge is -2.01. The van der Waals surface area contributed by atoms with Gasteiger partial charge in [-0.25, -0.2) is 0 Å². The number of rotatable bonds is 6. The summed E-state index contributed by atoms with van der Waals surface area (Å²) in [5.74, 6) is 1.20. The quantitative estimate of drug-likeness (QED) is 0.132. The average Bonchev–Trinajstić information content (AvgIpc) is 3.44. The van der Waals surface area contributed by atoms with E-state index in [1.54, 1.807) is 54.6 Å². The van der Waals surface area contributed by atoms with Gasteiger partial charge in [-0.2, -0.15) is 0 Å². The Morgan fingerprint density at radius 3 is 2.39 bits per heavy atom. The van der Waals surface area contributed by atoms with Gasteiger partial charge in [0.1, 0.15) is 17.3 Å². The minimum absolute atomic E-state index is 0.00194. The van der Waals surface area contributed by atoms with E-state index in [0.717, 1.165) is 0 Å². The molecule has 0 saturated heterocycles. The van der Waals surface area contributed by atoms with Crippen molar-refractivity contribution < 1.29 is 18.6 Å². The van der Waals surface area contributed by atoms with E-state index < -0.39 is 4.92 Å². The van der Waals surface area contributed by atoms with E-state index in [0.29, 0.717) is 38.5 Å². The summed E-state index contributed by atoms with van der Waals surface area (Å²) in [5, 5.41) is 11.5. The van der Waals surface area contributed by atoms with Crippen molar-refractivity contribution in [3.63, 3.8) is 0 Å². The molecule has 0 radical (unpaired) electrons. The summed E-state index contributed by atoms with van der Waals surface area (Å²) in [6.07, 6.45) is 2.85. The van der Waals surface area contributed by atoms with Crippen LogP contribution in [0.25, 0.3) is 28.7 Å². The Balaban J connectivity index is 1.48. The first-order valence-electron chi connectivity index (χ1n) is 9.03. The molecule has 0 spiro atoms. The van der Waals surface area contributed by atoms with Gasteiger partial charge in [0.2, 0.25) is 5.78 Å². The molecule has 2 heterocycles. The fourth-order valence-electron chi connectivity index (χ4n) is 2.89. The molecular weight excluding hydrogens is 441 g/mol. The minimum atomic E-state index is -0.466. The number of ketones is 1. The summed E-state index contributed by atoms with van der Waals surface area (Å²) in [4.78, 5) is 22.7. The number of nitro groups is 1. The predicted octanol–water partition coefficient (Wildman–Crippen LogP) is 7.32. The first-order chi connectivity index (χ1) is 14.9. The number of carbonyl (C=O) groups is 1. The molecule has 0 aliphatic rings. The fourth-order valence-corrected chi connectivity index (χ4v) is 3.29. The summed E-state index contributed by atoms with van der Waals surface area (Å²) in [5.41, 5.74) is 1.28. The molecule has 2 aromatic carbocycles. The zero-order chi connectivity index (χ0) is 22.0. The molecule has 0 aliphatic heterocycles. The van der Waals surface area contributed by atoms with E-state index in [-0.39, 0.29) is 17.2 Å². The van der Waals surface area contributed by atoms with E-state index in [1.807, 2.05) is 0 Å². The van der Waals surface area contributed by atoms with Crippen LogP contribution >= 0.6 is 23.2 Å². The molecular formula is C23H13Cl2NO5. The number of allylic oxidation sites excluding steroid dienone is 1. The summed E-state index contributed by atoms with van der Waals surface area (Å²) in [6.45, 7) is 0. The van der Waals surface area contributed by atoms with Crippen LogP contribution in [0.2, 0.25) is 10.0 Å². The molecule has 0 atom stereocenters. The summed E-state index contributed by atoms with van der Waals surface area (Å²) >= 11 is 12.2. The molecule has 0 unspecified atom stereocenters. The molecule has 4 rings (SSSR count). The van der Waals surface area contributed by atoms with Crippen molar-refractivity contribution in [2.24, 2.45) is 0 Å². The van der Waals surface area contributed by atoms with Gasteiger partial charge < -0.3 is 8.83 Å². The molecule has 0 N–H and O–H groups in total. The third-order valence-corrected chi connectivity index (χ3v) is 5.27. The average molecular weight is 454 g/mol. The van der Waals surface area contributed by atoms with E-state index in [9.17, 15) is 14.9 Å². The third kappa shape index (κ3) is 4.45. The molecule has 6 nitrogen and oxygen atoms in total. The molecule has 0 amide bonds. The Bertz CT molecular complexity index is 1300. The van der Waals surface area contributed by atoms with Crippen molar-refractivity contribution in [1.29, 1.82) is 0 Å². The highest BCUT2D eigenvalue weighted by Crippen LogP contribution is 2.34. The Hall–Kier alpha value is -3.61. The van der Waals surface area contributed by atoms with Crippen LogP contribution in [0.5, 0.6) is 0 Å².